The highest BCUT2D eigenvalue weighted by Crippen LogP contribution is 2.13. The number of likely N-dealkylation sites (N-methyl/N-ethyl adjacent to an activating group) is 1. The zero-order chi connectivity index (χ0) is 15.8. The van der Waals surface area contributed by atoms with Crippen molar-refractivity contribution in [1.29, 1.82) is 0 Å². The summed E-state index contributed by atoms with van der Waals surface area (Å²) in [5.74, 6) is 0.975. The number of ether oxygens (including phenoxy) is 1. The smallest absolute Gasteiger partial charge is 0.246 e. The van der Waals surface area contributed by atoms with E-state index in [2.05, 4.69) is 18.7 Å². The molecule has 1 fully saturated rings. The normalized spacial score (nSPS) is 16.2. The first-order chi connectivity index (χ1) is 10.7. The molecule has 0 saturated carbocycles. The summed E-state index contributed by atoms with van der Waals surface area (Å²) < 4.78 is 5.55. The lowest BCUT2D eigenvalue weighted by molar-refractivity contribution is -0.127. The second-order valence-corrected chi connectivity index (χ2v) is 5.51. The van der Waals surface area contributed by atoms with Crippen LogP contribution in [0.1, 0.15) is 25.8 Å². The van der Waals surface area contributed by atoms with E-state index in [4.69, 9.17) is 4.74 Å². The van der Waals surface area contributed by atoms with Crippen LogP contribution in [0.5, 0.6) is 5.75 Å². The molecule has 0 N–H and O–H groups in total. The zero-order valence-corrected chi connectivity index (χ0v) is 13.6. The zero-order valence-electron chi connectivity index (χ0n) is 13.6. The highest BCUT2D eigenvalue weighted by atomic mass is 16.5. The van der Waals surface area contributed by atoms with Crippen LogP contribution < -0.4 is 4.74 Å². The molecule has 1 aliphatic rings. The second-order valence-electron chi connectivity index (χ2n) is 5.51. The summed E-state index contributed by atoms with van der Waals surface area (Å²) >= 11 is 0. The minimum absolute atomic E-state index is 0.0991. The summed E-state index contributed by atoms with van der Waals surface area (Å²) in [4.78, 5) is 16.5. The fourth-order valence-electron chi connectivity index (χ4n) is 2.45. The molecule has 0 aromatic heterocycles. The molecule has 2 rings (SSSR count). The largest absolute Gasteiger partial charge is 0.494 e. The van der Waals surface area contributed by atoms with Gasteiger partial charge in [-0.15, -0.1) is 0 Å². The number of hydrogen-bond donors (Lipinski definition) is 0. The van der Waals surface area contributed by atoms with Crippen LogP contribution in [0.25, 0.3) is 6.08 Å². The molecule has 1 amide bonds. The maximum absolute atomic E-state index is 12.2. The molecule has 1 heterocycles. The lowest BCUT2D eigenvalue weighted by Gasteiger charge is -2.33. The summed E-state index contributed by atoms with van der Waals surface area (Å²) in [7, 11) is 0. The van der Waals surface area contributed by atoms with Gasteiger partial charge in [-0.25, -0.2) is 0 Å². The number of carbonyl (C=O) groups is 1. The number of piperazine rings is 1. The van der Waals surface area contributed by atoms with Crippen LogP contribution in [0.15, 0.2) is 30.3 Å². The van der Waals surface area contributed by atoms with Crippen LogP contribution in [0.4, 0.5) is 0 Å². The number of carbonyl (C=O) groups excluding carboxylic acids is 1. The number of nitrogens with zero attached hydrogens (tertiary/aromatic N) is 2. The van der Waals surface area contributed by atoms with Crippen molar-refractivity contribution in [3.8, 4) is 5.75 Å². The van der Waals surface area contributed by atoms with Gasteiger partial charge in [0.15, 0.2) is 0 Å². The van der Waals surface area contributed by atoms with Gasteiger partial charge in [-0.05, 0) is 36.7 Å². The molecule has 0 atom stereocenters. The van der Waals surface area contributed by atoms with E-state index in [1.807, 2.05) is 35.2 Å². The quantitative estimate of drug-likeness (QED) is 0.757. The Labute approximate surface area is 133 Å². The van der Waals surface area contributed by atoms with Crippen molar-refractivity contribution in [1.82, 2.24) is 9.80 Å². The monoisotopic (exact) mass is 302 g/mol. The summed E-state index contributed by atoms with van der Waals surface area (Å²) in [5.41, 5.74) is 1.02. The molecule has 0 radical (unpaired) electrons. The molecule has 0 spiro atoms. The Morgan fingerprint density at radius 2 is 1.82 bits per heavy atom. The highest BCUT2D eigenvalue weighted by molar-refractivity contribution is 5.91. The molecule has 4 heteroatoms. The van der Waals surface area contributed by atoms with Crippen LogP contribution in [0.3, 0.4) is 0 Å². The van der Waals surface area contributed by atoms with Gasteiger partial charge in [-0.2, -0.15) is 0 Å². The molecule has 0 bridgehead atoms. The van der Waals surface area contributed by atoms with Gasteiger partial charge in [0.2, 0.25) is 5.91 Å². The number of amides is 1. The third-order valence-electron chi connectivity index (χ3n) is 3.90. The lowest BCUT2D eigenvalue weighted by Crippen LogP contribution is -2.48. The first kappa shape index (κ1) is 16.6. The van der Waals surface area contributed by atoms with E-state index >= 15 is 0 Å². The van der Waals surface area contributed by atoms with Gasteiger partial charge in [-0.1, -0.05) is 26.0 Å². The van der Waals surface area contributed by atoms with Gasteiger partial charge in [-0.3, -0.25) is 4.79 Å². The van der Waals surface area contributed by atoms with Crippen LogP contribution in [0, 0.1) is 0 Å². The summed E-state index contributed by atoms with van der Waals surface area (Å²) in [6.45, 7) is 9.62. The molecule has 0 unspecified atom stereocenters. The van der Waals surface area contributed by atoms with Crippen molar-refractivity contribution in [2.24, 2.45) is 0 Å². The highest BCUT2D eigenvalue weighted by Gasteiger charge is 2.17. The van der Waals surface area contributed by atoms with Crippen LogP contribution in [0.2, 0.25) is 0 Å². The van der Waals surface area contributed by atoms with Gasteiger partial charge < -0.3 is 14.5 Å². The Balaban J connectivity index is 1.84. The minimum Gasteiger partial charge on any atom is -0.494 e. The van der Waals surface area contributed by atoms with Gasteiger partial charge >= 0.3 is 0 Å². The standard InChI is InChI=1S/C18H26N2O2/c1-3-15-22-17-8-5-16(6-9-17)7-10-18(21)20-13-11-19(4-2)12-14-20/h5-10H,3-4,11-15H2,1-2H3/b10-7+. The van der Waals surface area contributed by atoms with Crippen molar-refractivity contribution in [3.63, 3.8) is 0 Å². The van der Waals surface area contributed by atoms with E-state index in [1.165, 1.54) is 0 Å². The topological polar surface area (TPSA) is 32.8 Å². The SMILES string of the molecule is CCCOc1ccc(/C=C/C(=O)N2CCN(CC)CC2)cc1. The van der Waals surface area contributed by atoms with Gasteiger partial charge in [0, 0.05) is 32.3 Å². The van der Waals surface area contributed by atoms with Crippen molar-refractivity contribution < 1.29 is 9.53 Å². The van der Waals surface area contributed by atoms with E-state index < -0.39 is 0 Å². The molecule has 22 heavy (non-hydrogen) atoms. The Hall–Kier alpha value is -1.81. The number of benzene rings is 1. The lowest BCUT2D eigenvalue weighted by atomic mass is 10.2. The summed E-state index contributed by atoms with van der Waals surface area (Å²) in [6.07, 6.45) is 4.54. The predicted octanol–water partition coefficient (Wildman–Crippen LogP) is 2.65. The van der Waals surface area contributed by atoms with Gasteiger partial charge in [0.05, 0.1) is 6.61 Å². The average molecular weight is 302 g/mol. The van der Waals surface area contributed by atoms with Crippen LogP contribution in [-0.2, 0) is 4.79 Å². The maximum atomic E-state index is 12.2. The average Bonchev–Trinajstić information content (AvgIpc) is 2.58. The van der Waals surface area contributed by atoms with Crippen molar-refractivity contribution in [3.05, 3.63) is 35.9 Å². The van der Waals surface area contributed by atoms with Crippen molar-refractivity contribution >= 4 is 12.0 Å². The molecule has 0 aliphatic carbocycles. The predicted molar refractivity (Wildman–Crippen MR) is 90.0 cm³/mol. The fraction of sp³-hybridized carbons (Fsp3) is 0.500. The molecule has 4 nitrogen and oxygen atoms in total. The molecule has 1 saturated heterocycles. The first-order valence-electron chi connectivity index (χ1n) is 8.15. The van der Waals surface area contributed by atoms with E-state index in [9.17, 15) is 4.79 Å². The third kappa shape index (κ3) is 4.88. The van der Waals surface area contributed by atoms with Crippen molar-refractivity contribution in [2.45, 2.75) is 20.3 Å². The Bertz CT molecular complexity index is 488. The summed E-state index contributed by atoms with van der Waals surface area (Å²) in [5, 5.41) is 0. The molecule has 120 valence electrons. The third-order valence-corrected chi connectivity index (χ3v) is 3.90. The molecular formula is C18H26N2O2. The Morgan fingerprint density at radius 3 is 2.41 bits per heavy atom. The first-order valence-corrected chi connectivity index (χ1v) is 8.15. The molecule has 1 aromatic rings. The Kier molecular flexibility index (Phi) is 6.46. The molecule has 1 aliphatic heterocycles. The van der Waals surface area contributed by atoms with Gasteiger partial charge in [0.1, 0.15) is 5.75 Å². The van der Waals surface area contributed by atoms with Crippen LogP contribution >= 0.6 is 0 Å². The summed E-state index contributed by atoms with van der Waals surface area (Å²) in [6, 6.07) is 7.84. The van der Waals surface area contributed by atoms with Crippen LogP contribution in [-0.4, -0.2) is 55.0 Å². The molecule has 1 aromatic carbocycles. The van der Waals surface area contributed by atoms with E-state index in [0.29, 0.717) is 0 Å². The fourth-order valence-corrected chi connectivity index (χ4v) is 2.45. The Morgan fingerprint density at radius 1 is 1.14 bits per heavy atom. The van der Waals surface area contributed by atoms with Gasteiger partial charge in [0.25, 0.3) is 0 Å². The maximum Gasteiger partial charge on any atom is 0.246 e. The van der Waals surface area contributed by atoms with E-state index in [0.717, 1.165) is 57.1 Å². The number of rotatable bonds is 6. The van der Waals surface area contributed by atoms with E-state index in [-0.39, 0.29) is 5.91 Å². The molecular weight excluding hydrogens is 276 g/mol. The van der Waals surface area contributed by atoms with Crippen molar-refractivity contribution in [2.75, 3.05) is 39.3 Å². The number of hydrogen-bond acceptors (Lipinski definition) is 3. The van der Waals surface area contributed by atoms with E-state index in [1.54, 1.807) is 6.08 Å². The minimum atomic E-state index is 0.0991. The second kappa shape index (κ2) is 8.59.